The molecule has 0 radical (unpaired) electrons. The van der Waals surface area contributed by atoms with E-state index in [1.54, 1.807) is 0 Å². The maximum atomic E-state index is 11.2. The molecule has 3 nitrogen and oxygen atoms in total. The highest BCUT2D eigenvalue weighted by Gasteiger charge is 2.36. The Bertz CT molecular complexity index is 594. The molecule has 2 aromatic rings. The number of hydrogen-bond donors (Lipinski definition) is 1. The van der Waals surface area contributed by atoms with E-state index in [-0.39, 0.29) is 6.09 Å². The Balaban J connectivity index is 2.09. The number of amides is 1. The van der Waals surface area contributed by atoms with Crippen LogP contribution >= 0.6 is 0 Å². The summed E-state index contributed by atoms with van der Waals surface area (Å²) in [6.45, 7) is 2.35. The Morgan fingerprint density at radius 3 is 2.65 bits per heavy atom. The van der Waals surface area contributed by atoms with Crippen LogP contribution in [0.15, 0.2) is 42.5 Å². The molecule has 0 aliphatic carbocycles. The van der Waals surface area contributed by atoms with Gasteiger partial charge in [0.2, 0.25) is 0 Å². The fourth-order valence-corrected chi connectivity index (χ4v) is 2.20. The maximum absolute atomic E-state index is 11.2. The number of hydrogen-bond acceptors (Lipinski definition) is 2. The third-order valence-corrected chi connectivity index (χ3v) is 3.26. The molecule has 1 atom stereocenters. The molecule has 3 rings (SSSR count). The summed E-state index contributed by atoms with van der Waals surface area (Å²) in [6.07, 6.45) is -0.347. The van der Waals surface area contributed by atoms with Crippen molar-refractivity contribution in [1.29, 1.82) is 0 Å². The molecule has 17 heavy (non-hydrogen) atoms. The van der Waals surface area contributed by atoms with Crippen LogP contribution in [0.25, 0.3) is 10.8 Å². The number of cyclic esters (lactones) is 1. The zero-order valence-corrected chi connectivity index (χ0v) is 9.57. The third-order valence-electron chi connectivity index (χ3n) is 3.26. The molecular weight excluding hydrogens is 214 g/mol. The largest absolute Gasteiger partial charge is 0.447 e. The van der Waals surface area contributed by atoms with Gasteiger partial charge >= 0.3 is 6.09 Å². The number of rotatable bonds is 1. The lowest BCUT2D eigenvalue weighted by Crippen LogP contribution is -2.37. The molecular formula is C14H13NO2. The number of carbonyl (C=O) groups is 1. The van der Waals surface area contributed by atoms with Crippen LogP contribution in [0.4, 0.5) is 4.79 Å². The van der Waals surface area contributed by atoms with Gasteiger partial charge in [0.25, 0.3) is 0 Å². The lowest BCUT2D eigenvalue weighted by atomic mass is 9.92. The first-order valence-electron chi connectivity index (χ1n) is 5.62. The molecule has 1 saturated heterocycles. The standard InChI is InChI=1S/C14H13NO2/c1-14(9-17-13(16)15-14)12-7-6-10-4-2-3-5-11(10)8-12/h2-8H,9H2,1H3,(H,15,16). The fourth-order valence-electron chi connectivity index (χ4n) is 2.20. The molecule has 0 saturated carbocycles. The number of fused-ring (bicyclic) bond motifs is 1. The van der Waals surface area contributed by atoms with Gasteiger partial charge in [0, 0.05) is 0 Å². The summed E-state index contributed by atoms with van der Waals surface area (Å²) in [5.41, 5.74) is 0.656. The number of nitrogens with one attached hydrogen (secondary N) is 1. The average molecular weight is 227 g/mol. The number of alkyl carbamates (subject to hydrolysis) is 1. The second-order valence-electron chi connectivity index (χ2n) is 4.60. The summed E-state index contributed by atoms with van der Waals surface area (Å²) in [7, 11) is 0. The van der Waals surface area contributed by atoms with Crippen LogP contribution in [0.1, 0.15) is 12.5 Å². The summed E-state index contributed by atoms with van der Waals surface area (Å²) in [5, 5.41) is 5.22. The minimum Gasteiger partial charge on any atom is -0.447 e. The van der Waals surface area contributed by atoms with Crippen LogP contribution < -0.4 is 5.32 Å². The summed E-state index contributed by atoms with van der Waals surface area (Å²) in [6, 6.07) is 14.4. The van der Waals surface area contributed by atoms with Gasteiger partial charge < -0.3 is 10.1 Å². The van der Waals surface area contributed by atoms with Gasteiger partial charge in [-0.3, -0.25) is 0 Å². The van der Waals surface area contributed by atoms with Crippen LogP contribution in [-0.4, -0.2) is 12.7 Å². The molecule has 1 aliphatic rings. The summed E-state index contributed by atoms with van der Waals surface area (Å²) >= 11 is 0. The van der Waals surface area contributed by atoms with Crippen molar-refractivity contribution in [3.8, 4) is 0 Å². The van der Waals surface area contributed by atoms with Gasteiger partial charge in [-0.25, -0.2) is 4.79 Å². The molecule has 0 bridgehead atoms. The molecule has 1 N–H and O–H groups in total. The molecule has 1 amide bonds. The molecule has 1 fully saturated rings. The SMILES string of the molecule is CC1(c2ccc3ccccc3c2)COC(=O)N1. The van der Waals surface area contributed by atoms with Gasteiger partial charge in [0.15, 0.2) is 0 Å². The fraction of sp³-hybridized carbons (Fsp3) is 0.214. The van der Waals surface area contributed by atoms with E-state index in [4.69, 9.17) is 4.74 Å². The van der Waals surface area contributed by atoms with Crippen LogP contribution in [0, 0.1) is 0 Å². The second kappa shape index (κ2) is 3.48. The lowest BCUT2D eigenvalue weighted by molar-refractivity contribution is 0.173. The first-order valence-corrected chi connectivity index (χ1v) is 5.62. The van der Waals surface area contributed by atoms with Gasteiger partial charge in [-0.2, -0.15) is 0 Å². The van der Waals surface area contributed by atoms with Crippen molar-refractivity contribution in [2.24, 2.45) is 0 Å². The predicted molar refractivity (Wildman–Crippen MR) is 65.8 cm³/mol. The highest BCUT2D eigenvalue weighted by molar-refractivity contribution is 5.83. The Labute approximate surface area is 99.4 Å². The van der Waals surface area contributed by atoms with E-state index in [2.05, 4.69) is 29.6 Å². The molecule has 0 aromatic heterocycles. The smallest absolute Gasteiger partial charge is 0.408 e. The van der Waals surface area contributed by atoms with Crippen molar-refractivity contribution >= 4 is 16.9 Å². The van der Waals surface area contributed by atoms with E-state index in [0.717, 1.165) is 5.56 Å². The molecule has 0 spiro atoms. The Hall–Kier alpha value is -2.03. The van der Waals surface area contributed by atoms with Gasteiger partial charge in [0.1, 0.15) is 6.61 Å². The van der Waals surface area contributed by atoms with Gasteiger partial charge in [-0.05, 0) is 29.3 Å². The molecule has 1 unspecified atom stereocenters. The Morgan fingerprint density at radius 2 is 1.94 bits per heavy atom. The predicted octanol–water partition coefficient (Wildman–Crippen LogP) is 2.79. The molecule has 2 aromatic carbocycles. The van der Waals surface area contributed by atoms with Crippen molar-refractivity contribution in [2.75, 3.05) is 6.61 Å². The van der Waals surface area contributed by atoms with Crippen molar-refractivity contribution in [3.63, 3.8) is 0 Å². The quantitative estimate of drug-likeness (QED) is 0.813. The number of ether oxygens (including phenoxy) is 1. The maximum Gasteiger partial charge on any atom is 0.408 e. The van der Waals surface area contributed by atoms with E-state index >= 15 is 0 Å². The van der Waals surface area contributed by atoms with Gasteiger partial charge in [-0.1, -0.05) is 36.4 Å². The first-order chi connectivity index (χ1) is 8.17. The van der Waals surface area contributed by atoms with Crippen LogP contribution in [-0.2, 0) is 10.3 Å². The molecule has 1 aliphatic heterocycles. The zero-order chi connectivity index (χ0) is 11.9. The van der Waals surface area contributed by atoms with Gasteiger partial charge in [0.05, 0.1) is 5.54 Å². The summed E-state index contributed by atoms with van der Waals surface area (Å²) in [4.78, 5) is 11.2. The third kappa shape index (κ3) is 1.64. The second-order valence-corrected chi connectivity index (χ2v) is 4.60. The average Bonchev–Trinajstić information content (AvgIpc) is 2.70. The van der Waals surface area contributed by atoms with E-state index in [1.165, 1.54) is 10.8 Å². The number of carbonyl (C=O) groups excluding carboxylic acids is 1. The van der Waals surface area contributed by atoms with Crippen molar-refractivity contribution in [2.45, 2.75) is 12.5 Å². The van der Waals surface area contributed by atoms with Gasteiger partial charge in [-0.15, -0.1) is 0 Å². The van der Waals surface area contributed by atoms with Crippen molar-refractivity contribution < 1.29 is 9.53 Å². The summed E-state index contributed by atoms with van der Waals surface area (Å²) < 4.78 is 4.98. The van der Waals surface area contributed by atoms with E-state index < -0.39 is 5.54 Å². The van der Waals surface area contributed by atoms with E-state index in [0.29, 0.717) is 6.61 Å². The normalized spacial score (nSPS) is 23.5. The van der Waals surface area contributed by atoms with Crippen LogP contribution in [0.3, 0.4) is 0 Å². The zero-order valence-electron chi connectivity index (χ0n) is 9.57. The minimum absolute atomic E-state index is 0.347. The summed E-state index contributed by atoms with van der Waals surface area (Å²) in [5.74, 6) is 0. The topological polar surface area (TPSA) is 38.3 Å². The molecule has 86 valence electrons. The highest BCUT2D eigenvalue weighted by Crippen LogP contribution is 2.28. The van der Waals surface area contributed by atoms with Crippen molar-refractivity contribution in [3.05, 3.63) is 48.0 Å². The van der Waals surface area contributed by atoms with E-state index in [1.807, 2.05) is 25.1 Å². The minimum atomic E-state index is -0.416. The molecule has 1 heterocycles. The number of benzene rings is 2. The van der Waals surface area contributed by atoms with E-state index in [9.17, 15) is 4.79 Å². The monoisotopic (exact) mass is 227 g/mol. The highest BCUT2D eigenvalue weighted by atomic mass is 16.6. The molecule has 3 heteroatoms. The lowest BCUT2D eigenvalue weighted by Gasteiger charge is -2.21. The van der Waals surface area contributed by atoms with Crippen LogP contribution in [0.5, 0.6) is 0 Å². The van der Waals surface area contributed by atoms with Crippen LogP contribution in [0.2, 0.25) is 0 Å². The Kier molecular flexibility index (Phi) is 2.08. The Morgan fingerprint density at radius 1 is 1.18 bits per heavy atom. The first kappa shape index (κ1) is 10.1. The van der Waals surface area contributed by atoms with Crippen molar-refractivity contribution in [1.82, 2.24) is 5.32 Å².